The summed E-state index contributed by atoms with van der Waals surface area (Å²) in [5, 5.41) is 4.26. The summed E-state index contributed by atoms with van der Waals surface area (Å²) in [4.78, 5) is 18.4. The molecule has 0 N–H and O–H groups in total. The minimum atomic E-state index is -0.507. The topological polar surface area (TPSA) is 51.0 Å². The third kappa shape index (κ3) is 2.91. The highest BCUT2D eigenvalue weighted by atomic mass is 19.1. The average molecular weight is 336 g/mol. The lowest BCUT2D eigenvalue weighted by Gasteiger charge is -2.34. The van der Waals surface area contributed by atoms with Crippen molar-refractivity contribution in [3.8, 4) is 0 Å². The van der Waals surface area contributed by atoms with E-state index in [1.807, 2.05) is 37.6 Å². The number of carbonyl (C=O) groups is 1. The molecule has 1 unspecified atom stereocenters. The number of pyridine rings is 1. The maximum Gasteiger partial charge on any atom is 0.255 e. The van der Waals surface area contributed by atoms with Crippen LogP contribution in [0.25, 0.3) is 0 Å². The van der Waals surface area contributed by atoms with E-state index >= 15 is 0 Å². The number of fused-ring (bicyclic) bond motifs is 1. The molecule has 0 spiro atoms. The van der Waals surface area contributed by atoms with Gasteiger partial charge >= 0.3 is 0 Å². The molecule has 1 atom stereocenters. The molecular formula is C19H17FN4O. The van der Waals surface area contributed by atoms with Crippen molar-refractivity contribution in [3.63, 3.8) is 0 Å². The normalized spacial score (nSPS) is 16.6. The van der Waals surface area contributed by atoms with E-state index in [9.17, 15) is 9.18 Å². The number of benzene rings is 1. The largest absolute Gasteiger partial charge is 0.333 e. The lowest BCUT2D eigenvalue weighted by molar-refractivity contribution is 0.0724. The number of hydrogen-bond acceptors (Lipinski definition) is 3. The summed E-state index contributed by atoms with van der Waals surface area (Å²) in [5.74, 6) is -0.674. The van der Waals surface area contributed by atoms with Gasteiger partial charge in [-0.1, -0.05) is 24.3 Å². The summed E-state index contributed by atoms with van der Waals surface area (Å²) < 4.78 is 15.2. The van der Waals surface area contributed by atoms with Crippen molar-refractivity contribution in [2.75, 3.05) is 6.54 Å². The Hall–Kier alpha value is -3.02. The molecule has 1 aliphatic heterocycles. The second-order valence-corrected chi connectivity index (χ2v) is 6.28. The van der Waals surface area contributed by atoms with Crippen LogP contribution in [0.4, 0.5) is 4.39 Å². The van der Waals surface area contributed by atoms with Gasteiger partial charge in [-0.2, -0.15) is 5.10 Å². The van der Waals surface area contributed by atoms with Crippen molar-refractivity contribution >= 4 is 5.91 Å². The molecule has 1 aliphatic rings. The SMILES string of the molecule is Cn1cc(C2CN(C(=O)c3cncc(F)c3)Cc3ccccc32)cn1. The van der Waals surface area contributed by atoms with E-state index in [0.717, 1.165) is 17.3 Å². The minimum absolute atomic E-state index is 0.0455. The highest BCUT2D eigenvalue weighted by Crippen LogP contribution is 2.33. The molecule has 25 heavy (non-hydrogen) atoms. The molecule has 3 aromatic rings. The molecule has 0 saturated heterocycles. The highest BCUT2D eigenvalue weighted by Gasteiger charge is 2.30. The van der Waals surface area contributed by atoms with E-state index in [4.69, 9.17) is 0 Å². The second-order valence-electron chi connectivity index (χ2n) is 6.28. The lowest BCUT2D eigenvalue weighted by atomic mass is 9.86. The fourth-order valence-corrected chi connectivity index (χ4v) is 3.38. The van der Waals surface area contributed by atoms with Gasteiger partial charge in [0.2, 0.25) is 0 Å². The van der Waals surface area contributed by atoms with Gasteiger partial charge in [0, 0.05) is 38.4 Å². The highest BCUT2D eigenvalue weighted by molar-refractivity contribution is 5.94. The molecule has 0 fully saturated rings. The van der Waals surface area contributed by atoms with Crippen LogP contribution in [0, 0.1) is 5.82 Å². The number of rotatable bonds is 2. The lowest BCUT2D eigenvalue weighted by Crippen LogP contribution is -2.38. The Morgan fingerprint density at radius 2 is 2.08 bits per heavy atom. The zero-order valence-corrected chi connectivity index (χ0v) is 13.8. The van der Waals surface area contributed by atoms with Crippen molar-refractivity contribution in [1.82, 2.24) is 19.7 Å². The molecule has 4 rings (SSSR count). The van der Waals surface area contributed by atoms with Gasteiger partial charge in [-0.25, -0.2) is 4.39 Å². The molecule has 0 saturated carbocycles. The van der Waals surface area contributed by atoms with Crippen molar-refractivity contribution in [2.24, 2.45) is 7.05 Å². The fraction of sp³-hybridized carbons (Fsp3) is 0.211. The number of amides is 1. The first-order chi connectivity index (χ1) is 12.1. The summed E-state index contributed by atoms with van der Waals surface area (Å²) in [6.45, 7) is 1.03. The standard InChI is InChI=1S/C19H17FN4O/c1-23-10-15(8-22-23)18-12-24(11-13-4-2-3-5-17(13)18)19(25)14-6-16(20)9-21-7-14/h2-10,18H,11-12H2,1H3. The molecule has 0 radical (unpaired) electrons. The van der Waals surface area contributed by atoms with Crippen LogP contribution in [0.3, 0.4) is 0 Å². The van der Waals surface area contributed by atoms with Gasteiger partial charge in [0.1, 0.15) is 5.82 Å². The predicted octanol–water partition coefficient (Wildman–Crippen LogP) is 2.74. The molecule has 126 valence electrons. The van der Waals surface area contributed by atoms with Crippen LogP contribution in [-0.2, 0) is 13.6 Å². The number of halogens is 1. The fourth-order valence-electron chi connectivity index (χ4n) is 3.38. The third-order valence-electron chi connectivity index (χ3n) is 4.56. The zero-order chi connectivity index (χ0) is 17.4. The van der Waals surface area contributed by atoms with Crippen LogP contribution < -0.4 is 0 Å². The molecule has 3 heterocycles. The Bertz CT molecular complexity index is 936. The van der Waals surface area contributed by atoms with Crippen molar-refractivity contribution in [1.29, 1.82) is 0 Å². The summed E-state index contributed by atoms with van der Waals surface area (Å²) in [6.07, 6.45) is 6.31. The molecule has 0 aliphatic carbocycles. The van der Waals surface area contributed by atoms with Gasteiger partial charge in [-0.05, 0) is 22.8 Å². The molecule has 5 nitrogen and oxygen atoms in total. The van der Waals surface area contributed by atoms with Crippen molar-refractivity contribution < 1.29 is 9.18 Å². The number of carbonyl (C=O) groups excluding carboxylic acids is 1. The van der Waals surface area contributed by atoms with E-state index in [1.54, 1.807) is 9.58 Å². The Morgan fingerprint density at radius 1 is 1.24 bits per heavy atom. The first kappa shape index (κ1) is 15.5. The zero-order valence-electron chi connectivity index (χ0n) is 13.8. The van der Waals surface area contributed by atoms with Gasteiger partial charge in [-0.15, -0.1) is 0 Å². The Labute approximate surface area is 144 Å². The van der Waals surface area contributed by atoms with E-state index < -0.39 is 5.82 Å². The summed E-state index contributed by atoms with van der Waals surface area (Å²) in [7, 11) is 1.87. The minimum Gasteiger partial charge on any atom is -0.333 e. The van der Waals surface area contributed by atoms with E-state index in [0.29, 0.717) is 13.1 Å². The molecule has 1 aromatic carbocycles. The van der Waals surface area contributed by atoms with Gasteiger partial charge in [0.05, 0.1) is 18.0 Å². The van der Waals surface area contributed by atoms with Crippen LogP contribution >= 0.6 is 0 Å². The van der Waals surface area contributed by atoms with Crippen molar-refractivity contribution in [3.05, 3.63) is 83.2 Å². The molecule has 2 aromatic heterocycles. The maximum absolute atomic E-state index is 13.4. The third-order valence-corrected chi connectivity index (χ3v) is 4.56. The monoisotopic (exact) mass is 336 g/mol. The molecular weight excluding hydrogens is 319 g/mol. The van der Waals surface area contributed by atoms with E-state index in [2.05, 4.69) is 16.1 Å². The molecule has 1 amide bonds. The number of hydrogen-bond donors (Lipinski definition) is 0. The van der Waals surface area contributed by atoms with Crippen molar-refractivity contribution in [2.45, 2.75) is 12.5 Å². The summed E-state index contributed by atoms with van der Waals surface area (Å²) in [5.41, 5.74) is 3.63. The molecule has 0 bridgehead atoms. The van der Waals surface area contributed by atoms with Gasteiger partial charge in [0.25, 0.3) is 5.91 Å². The molecule has 6 heteroatoms. The first-order valence-electron chi connectivity index (χ1n) is 8.08. The average Bonchev–Trinajstić information content (AvgIpc) is 3.06. The van der Waals surface area contributed by atoms with E-state index in [-0.39, 0.29) is 17.4 Å². The van der Waals surface area contributed by atoms with Crippen LogP contribution in [0.2, 0.25) is 0 Å². The summed E-state index contributed by atoms with van der Waals surface area (Å²) in [6, 6.07) is 9.34. The predicted molar refractivity (Wildman–Crippen MR) is 90.4 cm³/mol. The number of nitrogens with zero attached hydrogens (tertiary/aromatic N) is 4. The quantitative estimate of drug-likeness (QED) is 0.723. The number of aromatic nitrogens is 3. The van der Waals surface area contributed by atoms with Gasteiger partial charge in [-0.3, -0.25) is 14.5 Å². The van der Waals surface area contributed by atoms with Gasteiger partial charge in [0.15, 0.2) is 0 Å². The maximum atomic E-state index is 13.4. The Kier molecular flexibility index (Phi) is 3.80. The van der Waals surface area contributed by atoms with Crippen LogP contribution in [0.5, 0.6) is 0 Å². The van der Waals surface area contributed by atoms with E-state index in [1.165, 1.54) is 17.8 Å². The first-order valence-corrected chi connectivity index (χ1v) is 8.08. The number of aryl methyl sites for hydroxylation is 1. The van der Waals surface area contributed by atoms with Crippen LogP contribution in [0.1, 0.15) is 33.0 Å². The Morgan fingerprint density at radius 3 is 2.84 bits per heavy atom. The second kappa shape index (κ2) is 6.12. The van der Waals surface area contributed by atoms with Crippen LogP contribution in [-0.4, -0.2) is 32.1 Å². The van der Waals surface area contributed by atoms with Crippen LogP contribution in [0.15, 0.2) is 55.1 Å². The smallest absolute Gasteiger partial charge is 0.255 e. The summed E-state index contributed by atoms with van der Waals surface area (Å²) >= 11 is 0. The van der Waals surface area contributed by atoms with Gasteiger partial charge < -0.3 is 4.90 Å². The Balaban J connectivity index is 1.71.